The summed E-state index contributed by atoms with van der Waals surface area (Å²) < 4.78 is 0. The lowest BCUT2D eigenvalue weighted by Gasteiger charge is -2.28. The third kappa shape index (κ3) is 25.0. The van der Waals surface area contributed by atoms with Gasteiger partial charge in [-0.1, -0.05) is 0 Å². The quantitative estimate of drug-likeness (QED) is 0.0280. The van der Waals surface area contributed by atoms with Crippen LogP contribution in [0.5, 0.6) is 0 Å². The molecule has 0 bridgehead atoms. The highest BCUT2D eigenvalue weighted by Gasteiger charge is 2.36. The van der Waals surface area contributed by atoms with E-state index in [9.17, 15) is 87.9 Å². The van der Waals surface area contributed by atoms with Crippen LogP contribution in [0.3, 0.4) is 0 Å². The summed E-state index contributed by atoms with van der Waals surface area (Å²) in [5.74, 6) is -15.8. The number of carboxylic acid groups (broad SMARTS) is 3. The maximum absolute atomic E-state index is 13.8. The molecule has 0 heterocycles. The summed E-state index contributed by atoms with van der Waals surface area (Å²) in [6.07, 6.45) is -3.37. The summed E-state index contributed by atoms with van der Waals surface area (Å²) in [6.45, 7) is 1.34. The summed E-state index contributed by atoms with van der Waals surface area (Å²) in [5, 5.41) is 65.7. The fraction of sp³-hybridized carbons (Fsp3) is 0.658. The zero-order valence-corrected chi connectivity index (χ0v) is 39.8. The lowest BCUT2D eigenvalue weighted by atomic mass is 10.1. The Hall–Kier alpha value is -6.31. The van der Waals surface area contributed by atoms with Crippen molar-refractivity contribution >= 4 is 101 Å². The Balaban J connectivity index is 6.67. The zero-order chi connectivity index (χ0) is 53.1. The SMILES string of the molecule is CSCC[C@H](NC(=O)[C@@H](NC(=O)[C@H](CCC(=O)O)NC(=O)[C@H](CCSC)NC(=O)[C@H](CC(N)=O)NC(=O)[C@H](CCC(=O)O)NC(=O)[C@H](CC(N)=O)NC(=O)[C@H](CO)NC(=O)[C@H](C)N)[C@@H](C)O)C(=O)O. The van der Waals surface area contributed by atoms with Crippen molar-refractivity contribution in [2.24, 2.45) is 17.2 Å². The minimum Gasteiger partial charge on any atom is -0.481 e. The number of aliphatic hydroxyl groups is 2. The van der Waals surface area contributed by atoms with Gasteiger partial charge in [-0.2, -0.15) is 23.5 Å². The molecule has 10 atom stereocenters. The topological polar surface area (TPSA) is 497 Å². The van der Waals surface area contributed by atoms with E-state index in [4.69, 9.17) is 17.2 Å². The molecule has 0 aliphatic carbocycles. The molecule has 0 saturated carbocycles. The van der Waals surface area contributed by atoms with Crippen LogP contribution in [0.25, 0.3) is 0 Å². The average Bonchev–Trinajstić information content (AvgIpc) is 3.25. The van der Waals surface area contributed by atoms with Crippen LogP contribution in [0.4, 0.5) is 0 Å². The first kappa shape index (κ1) is 62.7. The first-order valence-electron chi connectivity index (χ1n) is 20.9. The molecule has 0 rings (SSSR count). The molecule has 0 aliphatic heterocycles. The third-order valence-electron chi connectivity index (χ3n) is 9.40. The van der Waals surface area contributed by atoms with Gasteiger partial charge in [0.25, 0.3) is 0 Å². The van der Waals surface area contributed by atoms with Crippen LogP contribution in [0, 0.1) is 0 Å². The fourth-order valence-corrected chi connectivity index (χ4v) is 6.61. The van der Waals surface area contributed by atoms with Crippen molar-refractivity contribution in [3.05, 3.63) is 0 Å². The summed E-state index contributed by atoms with van der Waals surface area (Å²) in [4.78, 5) is 165. The lowest BCUT2D eigenvalue weighted by molar-refractivity contribution is -0.143. The molecule has 19 N–H and O–H groups in total. The van der Waals surface area contributed by atoms with Gasteiger partial charge >= 0.3 is 17.9 Å². The predicted molar refractivity (Wildman–Crippen MR) is 243 cm³/mol. The number of amides is 10. The van der Waals surface area contributed by atoms with Crippen LogP contribution in [0.1, 0.15) is 65.2 Å². The number of nitrogens with one attached hydrogen (secondary N) is 8. The Bertz CT molecular complexity index is 1860. The second-order valence-electron chi connectivity index (χ2n) is 15.2. The Morgan fingerprint density at radius 2 is 0.783 bits per heavy atom. The molecular formula is C38H63N11O18S2. The Kier molecular flexibility index (Phi) is 29.5. The summed E-state index contributed by atoms with van der Waals surface area (Å²) in [7, 11) is 0. The van der Waals surface area contributed by atoms with E-state index in [1.165, 1.54) is 30.4 Å². The van der Waals surface area contributed by atoms with Crippen LogP contribution < -0.4 is 59.7 Å². The monoisotopic (exact) mass is 1030 g/mol. The first-order valence-corrected chi connectivity index (χ1v) is 23.7. The maximum atomic E-state index is 13.8. The second-order valence-corrected chi connectivity index (χ2v) is 17.2. The van der Waals surface area contributed by atoms with E-state index < -0.39 is 183 Å². The van der Waals surface area contributed by atoms with Crippen molar-refractivity contribution in [3.8, 4) is 0 Å². The van der Waals surface area contributed by atoms with Gasteiger partial charge in [-0.15, -0.1) is 0 Å². The van der Waals surface area contributed by atoms with Gasteiger partial charge in [-0.3, -0.25) is 57.5 Å². The normalized spacial score (nSPS) is 15.2. The van der Waals surface area contributed by atoms with Crippen LogP contribution in [-0.2, 0) is 62.3 Å². The van der Waals surface area contributed by atoms with E-state index in [0.29, 0.717) is 5.75 Å². The summed E-state index contributed by atoms with van der Waals surface area (Å²) in [6, 6.07) is -15.2. The number of primary amides is 2. The Morgan fingerprint density at radius 3 is 1.12 bits per heavy atom. The molecule has 0 aromatic carbocycles. The van der Waals surface area contributed by atoms with Gasteiger partial charge in [0.05, 0.1) is 31.6 Å². The molecule has 69 heavy (non-hydrogen) atoms. The number of aliphatic hydroxyl groups excluding tert-OH is 2. The Morgan fingerprint density at radius 1 is 0.464 bits per heavy atom. The molecule has 29 nitrogen and oxygen atoms in total. The standard InChI is InChI=1S/C38H63N11O18S2/c1-16(39)30(58)48-24(15-50)36(64)47-23(14-26(41)53)34(62)43-18(5-7-27(54)55)31(59)46-22(13-25(40)52)35(63)44-20(9-11-68-3)32(60)42-19(6-8-28(56)57)33(61)49-29(17(2)51)37(65)45-21(38(66)67)10-12-69-4/h16-24,29,50-51H,5-15,39H2,1-4H3,(H2,40,52)(H2,41,53)(H,42,60)(H,43,62)(H,44,63)(H,45,65)(H,46,59)(H,47,64)(H,48,58)(H,49,61)(H,54,55)(H,56,57)(H,66,67)/t16-,17+,18-,19-,20-,21-,22-,23-,24-,29-/m0/s1. The van der Waals surface area contributed by atoms with Crippen molar-refractivity contribution < 1.29 is 87.9 Å². The van der Waals surface area contributed by atoms with E-state index in [-0.39, 0.29) is 18.6 Å². The number of nitrogens with two attached hydrogens (primary N) is 3. The second kappa shape index (κ2) is 32.4. The fourth-order valence-electron chi connectivity index (χ4n) is 5.67. The molecule has 0 aromatic rings. The highest BCUT2D eigenvalue weighted by Crippen LogP contribution is 2.09. The van der Waals surface area contributed by atoms with Crippen LogP contribution >= 0.6 is 23.5 Å². The molecule has 0 spiro atoms. The molecule has 390 valence electrons. The van der Waals surface area contributed by atoms with Crippen molar-refractivity contribution in [2.45, 2.75) is 126 Å². The number of carbonyl (C=O) groups is 13. The molecule has 0 saturated heterocycles. The molecule has 0 unspecified atom stereocenters. The van der Waals surface area contributed by atoms with Gasteiger partial charge in [-0.25, -0.2) is 4.79 Å². The highest BCUT2D eigenvalue weighted by molar-refractivity contribution is 7.98. The lowest BCUT2D eigenvalue weighted by Crippen LogP contribution is -2.61. The summed E-state index contributed by atoms with van der Waals surface area (Å²) >= 11 is 2.46. The molecule has 0 fully saturated rings. The molecule has 0 aromatic heterocycles. The third-order valence-corrected chi connectivity index (χ3v) is 10.7. The Labute approximate surface area is 403 Å². The molecule has 0 radical (unpaired) electrons. The van der Waals surface area contributed by atoms with E-state index in [2.05, 4.69) is 42.5 Å². The molecule has 0 aliphatic rings. The van der Waals surface area contributed by atoms with Gasteiger partial charge in [0.15, 0.2) is 0 Å². The van der Waals surface area contributed by atoms with Crippen molar-refractivity contribution in [3.63, 3.8) is 0 Å². The van der Waals surface area contributed by atoms with Crippen molar-refractivity contribution in [2.75, 3.05) is 30.6 Å². The molecule has 31 heteroatoms. The minimum absolute atomic E-state index is 0.0261. The van der Waals surface area contributed by atoms with Crippen molar-refractivity contribution in [1.82, 2.24) is 42.5 Å². The van der Waals surface area contributed by atoms with Crippen LogP contribution in [-0.4, -0.2) is 194 Å². The average molecular weight is 1030 g/mol. The summed E-state index contributed by atoms with van der Waals surface area (Å²) in [5.41, 5.74) is 16.0. The molecule has 10 amide bonds. The minimum atomic E-state index is -1.97. The number of carbonyl (C=O) groups excluding carboxylic acids is 10. The van der Waals surface area contributed by atoms with Gasteiger partial charge in [0.2, 0.25) is 59.1 Å². The van der Waals surface area contributed by atoms with E-state index in [1.54, 1.807) is 12.5 Å². The first-order chi connectivity index (χ1) is 32.2. The number of hydrogen-bond donors (Lipinski definition) is 16. The number of aliphatic carboxylic acids is 3. The van der Waals surface area contributed by atoms with Crippen LogP contribution in [0.15, 0.2) is 0 Å². The van der Waals surface area contributed by atoms with Gasteiger partial charge in [-0.05, 0) is 63.5 Å². The van der Waals surface area contributed by atoms with E-state index in [1.807, 2.05) is 0 Å². The maximum Gasteiger partial charge on any atom is 0.326 e. The van der Waals surface area contributed by atoms with E-state index >= 15 is 0 Å². The van der Waals surface area contributed by atoms with Gasteiger partial charge in [0, 0.05) is 12.8 Å². The van der Waals surface area contributed by atoms with Gasteiger partial charge < -0.3 is 85.3 Å². The predicted octanol–water partition coefficient (Wildman–Crippen LogP) is -7.34. The van der Waals surface area contributed by atoms with E-state index in [0.717, 1.165) is 6.92 Å². The number of hydrogen-bond acceptors (Lipinski definition) is 18. The van der Waals surface area contributed by atoms with Gasteiger partial charge in [0.1, 0.15) is 48.3 Å². The van der Waals surface area contributed by atoms with Crippen LogP contribution in [0.2, 0.25) is 0 Å². The van der Waals surface area contributed by atoms with Crippen molar-refractivity contribution in [1.29, 1.82) is 0 Å². The highest BCUT2D eigenvalue weighted by atomic mass is 32.2. The largest absolute Gasteiger partial charge is 0.481 e. The number of rotatable bonds is 35. The number of thioether (sulfide) groups is 2. The number of carboxylic acids is 3. The smallest absolute Gasteiger partial charge is 0.326 e. The molecular weight excluding hydrogens is 963 g/mol. The zero-order valence-electron chi connectivity index (χ0n) is 38.1.